The van der Waals surface area contributed by atoms with E-state index in [0.717, 1.165) is 58.3 Å². The second-order valence-corrected chi connectivity index (χ2v) is 7.26. The lowest BCUT2D eigenvalue weighted by Gasteiger charge is -2.27. The van der Waals surface area contributed by atoms with Crippen molar-refractivity contribution in [2.24, 2.45) is 0 Å². The van der Waals surface area contributed by atoms with Crippen molar-refractivity contribution in [3.63, 3.8) is 0 Å². The highest BCUT2D eigenvalue weighted by Crippen LogP contribution is 2.08. The Balaban J connectivity index is 1.39. The standard InChI is InChI=1S/C20H32N4O4/c25-17(7-3-2-6-14-24-19(27)9-10-20(24)28)22-11-5-1-4-8-18(26)23-15-12-21-13-16-23/h9-10,21H,1-8,11-16H2,(H,22,25). The quantitative estimate of drug-likeness (QED) is 0.374. The maximum atomic E-state index is 12.0. The lowest BCUT2D eigenvalue weighted by atomic mass is 10.1. The van der Waals surface area contributed by atoms with Crippen LogP contribution in [0.3, 0.4) is 0 Å². The van der Waals surface area contributed by atoms with Gasteiger partial charge in [0.15, 0.2) is 0 Å². The minimum Gasteiger partial charge on any atom is -0.356 e. The van der Waals surface area contributed by atoms with E-state index in [2.05, 4.69) is 10.6 Å². The maximum Gasteiger partial charge on any atom is 0.253 e. The van der Waals surface area contributed by atoms with Crippen LogP contribution in [0.1, 0.15) is 51.4 Å². The van der Waals surface area contributed by atoms with Gasteiger partial charge >= 0.3 is 0 Å². The van der Waals surface area contributed by atoms with Gasteiger partial charge in [-0.3, -0.25) is 24.1 Å². The molecule has 4 amide bonds. The van der Waals surface area contributed by atoms with E-state index in [0.29, 0.717) is 32.4 Å². The monoisotopic (exact) mass is 392 g/mol. The van der Waals surface area contributed by atoms with Crippen molar-refractivity contribution < 1.29 is 19.2 Å². The molecule has 1 saturated heterocycles. The number of imide groups is 1. The summed E-state index contributed by atoms with van der Waals surface area (Å²) in [4.78, 5) is 49.8. The van der Waals surface area contributed by atoms with Gasteiger partial charge in [-0.1, -0.05) is 12.8 Å². The van der Waals surface area contributed by atoms with E-state index in [1.165, 1.54) is 17.1 Å². The Morgan fingerprint density at radius 3 is 2.25 bits per heavy atom. The number of nitrogens with zero attached hydrogens (tertiary/aromatic N) is 2. The van der Waals surface area contributed by atoms with Crippen LogP contribution in [0.15, 0.2) is 12.2 Å². The predicted octanol–water partition coefficient (Wildman–Crippen LogP) is 0.580. The number of nitrogens with one attached hydrogen (secondary N) is 2. The molecule has 2 aliphatic rings. The Labute approximate surface area is 166 Å². The summed E-state index contributed by atoms with van der Waals surface area (Å²) in [6.45, 7) is 4.42. The second kappa shape index (κ2) is 12.3. The summed E-state index contributed by atoms with van der Waals surface area (Å²) in [6, 6.07) is 0. The molecular formula is C20H32N4O4. The molecule has 28 heavy (non-hydrogen) atoms. The zero-order valence-electron chi connectivity index (χ0n) is 16.6. The normalized spacial score (nSPS) is 16.7. The molecule has 0 saturated carbocycles. The molecule has 0 aromatic rings. The molecule has 0 atom stereocenters. The van der Waals surface area contributed by atoms with Crippen molar-refractivity contribution in [1.82, 2.24) is 20.4 Å². The van der Waals surface area contributed by atoms with E-state index in [1.54, 1.807) is 0 Å². The van der Waals surface area contributed by atoms with Gasteiger partial charge in [0.1, 0.15) is 0 Å². The van der Waals surface area contributed by atoms with Crippen LogP contribution >= 0.6 is 0 Å². The van der Waals surface area contributed by atoms with Crippen LogP contribution in [0.2, 0.25) is 0 Å². The average molecular weight is 393 g/mol. The fourth-order valence-corrected chi connectivity index (χ4v) is 3.35. The molecule has 0 aliphatic carbocycles. The number of hydrogen-bond acceptors (Lipinski definition) is 5. The minimum absolute atomic E-state index is 0.0342. The number of carbonyl (C=O) groups excluding carboxylic acids is 4. The van der Waals surface area contributed by atoms with E-state index in [1.807, 2.05) is 4.90 Å². The van der Waals surface area contributed by atoms with E-state index in [-0.39, 0.29) is 23.6 Å². The molecule has 1 fully saturated rings. The second-order valence-electron chi connectivity index (χ2n) is 7.26. The molecule has 0 aromatic heterocycles. The average Bonchev–Trinajstić information content (AvgIpc) is 3.02. The topological polar surface area (TPSA) is 98.8 Å². The Morgan fingerprint density at radius 1 is 0.893 bits per heavy atom. The Morgan fingerprint density at radius 2 is 1.54 bits per heavy atom. The van der Waals surface area contributed by atoms with Gasteiger partial charge in [-0.2, -0.15) is 0 Å². The van der Waals surface area contributed by atoms with Crippen molar-refractivity contribution in [2.45, 2.75) is 51.4 Å². The molecule has 0 spiro atoms. The van der Waals surface area contributed by atoms with Crippen molar-refractivity contribution in [3.8, 4) is 0 Å². The van der Waals surface area contributed by atoms with Gasteiger partial charge in [0.2, 0.25) is 11.8 Å². The van der Waals surface area contributed by atoms with Gasteiger partial charge in [-0.05, 0) is 25.7 Å². The first-order valence-electron chi connectivity index (χ1n) is 10.4. The van der Waals surface area contributed by atoms with Crippen LogP contribution in [0.25, 0.3) is 0 Å². The van der Waals surface area contributed by atoms with Gasteiger partial charge in [-0.15, -0.1) is 0 Å². The SMILES string of the molecule is O=C(CCCCCN1C(=O)C=CC1=O)NCCCCCC(=O)N1CCNCC1. The molecule has 0 aromatic carbocycles. The van der Waals surface area contributed by atoms with Crippen LogP contribution in [0.4, 0.5) is 0 Å². The van der Waals surface area contributed by atoms with E-state index < -0.39 is 0 Å². The van der Waals surface area contributed by atoms with Crippen molar-refractivity contribution >= 4 is 23.6 Å². The van der Waals surface area contributed by atoms with Crippen LogP contribution in [-0.4, -0.2) is 72.7 Å². The molecule has 2 rings (SSSR count). The van der Waals surface area contributed by atoms with E-state index in [9.17, 15) is 19.2 Å². The lowest BCUT2D eigenvalue weighted by molar-refractivity contribution is -0.137. The molecule has 156 valence electrons. The number of carbonyl (C=O) groups is 4. The first-order valence-corrected chi connectivity index (χ1v) is 10.4. The maximum absolute atomic E-state index is 12.0. The first-order chi connectivity index (χ1) is 13.6. The Hall–Kier alpha value is -2.22. The van der Waals surface area contributed by atoms with Crippen LogP contribution in [0.5, 0.6) is 0 Å². The molecule has 0 radical (unpaired) electrons. The van der Waals surface area contributed by atoms with Gasteiger partial charge in [0.25, 0.3) is 11.8 Å². The van der Waals surface area contributed by atoms with Crippen molar-refractivity contribution in [3.05, 3.63) is 12.2 Å². The van der Waals surface area contributed by atoms with Crippen LogP contribution < -0.4 is 10.6 Å². The summed E-state index contributed by atoms with van der Waals surface area (Å²) < 4.78 is 0. The van der Waals surface area contributed by atoms with Crippen molar-refractivity contribution in [1.29, 1.82) is 0 Å². The zero-order chi connectivity index (χ0) is 20.2. The summed E-state index contributed by atoms with van der Waals surface area (Å²) in [7, 11) is 0. The molecule has 8 nitrogen and oxygen atoms in total. The molecular weight excluding hydrogens is 360 g/mol. The molecule has 2 aliphatic heterocycles. The molecule has 2 N–H and O–H groups in total. The highest BCUT2D eigenvalue weighted by Gasteiger charge is 2.22. The summed E-state index contributed by atoms with van der Waals surface area (Å²) in [5.41, 5.74) is 0. The first kappa shape index (κ1) is 22.1. The minimum atomic E-state index is -0.252. The van der Waals surface area contributed by atoms with Gasteiger partial charge in [0, 0.05) is 64.3 Å². The van der Waals surface area contributed by atoms with Crippen LogP contribution in [-0.2, 0) is 19.2 Å². The number of hydrogen-bond donors (Lipinski definition) is 2. The largest absolute Gasteiger partial charge is 0.356 e. The summed E-state index contributed by atoms with van der Waals surface area (Å²) in [5.74, 6) is -0.236. The number of rotatable bonds is 12. The summed E-state index contributed by atoms with van der Waals surface area (Å²) >= 11 is 0. The third-order valence-corrected chi connectivity index (χ3v) is 5.05. The molecule has 0 bridgehead atoms. The van der Waals surface area contributed by atoms with E-state index in [4.69, 9.17) is 0 Å². The fourth-order valence-electron chi connectivity index (χ4n) is 3.35. The molecule has 0 unspecified atom stereocenters. The molecule has 8 heteroatoms. The van der Waals surface area contributed by atoms with Crippen LogP contribution in [0, 0.1) is 0 Å². The summed E-state index contributed by atoms with van der Waals surface area (Å²) in [6.07, 6.45) is 8.57. The Kier molecular flexibility index (Phi) is 9.68. The number of piperazine rings is 1. The number of amides is 4. The third-order valence-electron chi connectivity index (χ3n) is 5.05. The fraction of sp³-hybridized carbons (Fsp3) is 0.700. The zero-order valence-corrected chi connectivity index (χ0v) is 16.6. The van der Waals surface area contributed by atoms with Gasteiger partial charge < -0.3 is 15.5 Å². The highest BCUT2D eigenvalue weighted by molar-refractivity contribution is 6.12. The Bertz CT molecular complexity index is 567. The number of unbranched alkanes of at least 4 members (excludes halogenated alkanes) is 4. The highest BCUT2D eigenvalue weighted by atomic mass is 16.2. The lowest BCUT2D eigenvalue weighted by Crippen LogP contribution is -2.46. The third kappa shape index (κ3) is 7.80. The van der Waals surface area contributed by atoms with Gasteiger partial charge in [0.05, 0.1) is 0 Å². The van der Waals surface area contributed by atoms with Gasteiger partial charge in [-0.25, -0.2) is 0 Å². The predicted molar refractivity (Wildman–Crippen MR) is 105 cm³/mol. The van der Waals surface area contributed by atoms with E-state index >= 15 is 0 Å². The molecule has 2 heterocycles. The smallest absolute Gasteiger partial charge is 0.253 e. The van der Waals surface area contributed by atoms with Crippen molar-refractivity contribution in [2.75, 3.05) is 39.3 Å². The summed E-state index contributed by atoms with van der Waals surface area (Å²) in [5, 5.41) is 6.15.